The minimum Gasteiger partial charge on any atom is -0.293 e. The van der Waals surface area contributed by atoms with Gasteiger partial charge in [-0.1, -0.05) is 115 Å². The van der Waals surface area contributed by atoms with Crippen LogP contribution in [-0.2, 0) is 0 Å². The van der Waals surface area contributed by atoms with Gasteiger partial charge in [0.2, 0.25) is 0 Å². The van der Waals surface area contributed by atoms with E-state index in [0.717, 1.165) is 16.9 Å². The molecule has 0 fully saturated rings. The van der Waals surface area contributed by atoms with Crippen LogP contribution in [0.25, 0.3) is 82.9 Å². The number of fused-ring (bicyclic) bond motifs is 6. The molecule has 1 aliphatic carbocycles. The standard InChI is InChI=1S/C39H24N2/c1-3-10-25(11-4-1)27-18-20-36-33(22-27)34-23-28(26-12-5-2-6-13-26)19-21-37(34)41(36)39-32-17-9-16-31-29-14-7-8-15-30(29)35(24-40-39)38(31)32/h1-24H. The van der Waals surface area contributed by atoms with Gasteiger partial charge in [-0.15, -0.1) is 0 Å². The lowest BCUT2D eigenvalue weighted by molar-refractivity contribution is 1.10. The van der Waals surface area contributed by atoms with Crippen molar-refractivity contribution >= 4 is 32.6 Å². The summed E-state index contributed by atoms with van der Waals surface area (Å²) in [5.74, 6) is 0.971. The molecule has 1 aliphatic rings. The van der Waals surface area contributed by atoms with Crippen LogP contribution in [-0.4, -0.2) is 9.55 Å². The molecule has 0 saturated carbocycles. The van der Waals surface area contributed by atoms with E-state index in [1.807, 2.05) is 0 Å². The lowest BCUT2D eigenvalue weighted by Crippen LogP contribution is -1.99. The van der Waals surface area contributed by atoms with Gasteiger partial charge in [-0.3, -0.25) is 4.57 Å². The minimum absolute atomic E-state index is 0.971. The summed E-state index contributed by atoms with van der Waals surface area (Å²) < 4.78 is 2.36. The lowest BCUT2D eigenvalue weighted by Gasteiger charge is -2.12. The predicted molar refractivity (Wildman–Crippen MR) is 171 cm³/mol. The highest BCUT2D eigenvalue weighted by molar-refractivity contribution is 6.18. The van der Waals surface area contributed by atoms with Gasteiger partial charge < -0.3 is 0 Å². The molecular formula is C39H24N2. The molecule has 0 spiro atoms. The van der Waals surface area contributed by atoms with Crippen LogP contribution in [0.1, 0.15) is 0 Å². The Morgan fingerprint density at radius 2 is 0.927 bits per heavy atom. The summed E-state index contributed by atoms with van der Waals surface area (Å²) in [6, 6.07) is 50.3. The largest absolute Gasteiger partial charge is 0.293 e. The minimum atomic E-state index is 0.971. The molecule has 9 rings (SSSR count). The Morgan fingerprint density at radius 3 is 1.54 bits per heavy atom. The second kappa shape index (κ2) is 8.51. The van der Waals surface area contributed by atoms with Crippen molar-refractivity contribution in [2.24, 2.45) is 0 Å². The third-order valence-electron chi connectivity index (χ3n) is 8.59. The highest BCUT2D eigenvalue weighted by Gasteiger charge is 2.24. The summed E-state index contributed by atoms with van der Waals surface area (Å²) >= 11 is 0. The van der Waals surface area contributed by atoms with E-state index in [0.29, 0.717) is 0 Å². The van der Waals surface area contributed by atoms with Gasteiger partial charge in [0.25, 0.3) is 0 Å². The molecule has 0 amide bonds. The molecule has 41 heavy (non-hydrogen) atoms. The summed E-state index contributed by atoms with van der Waals surface area (Å²) in [7, 11) is 0. The first-order valence-electron chi connectivity index (χ1n) is 14.1. The molecule has 0 radical (unpaired) electrons. The number of hydrogen-bond donors (Lipinski definition) is 0. The molecule has 0 aliphatic heterocycles. The first-order valence-corrected chi connectivity index (χ1v) is 14.1. The average Bonchev–Trinajstić information content (AvgIpc) is 3.55. The Labute approximate surface area is 237 Å². The summed E-state index contributed by atoms with van der Waals surface area (Å²) in [4.78, 5) is 5.18. The second-order valence-electron chi connectivity index (χ2n) is 10.8. The van der Waals surface area contributed by atoms with E-state index in [2.05, 4.69) is 150 Å². The van der Waals surface area contributed by atoms with Crippen LogP contribution in [0.3, 0.4) is 0 Å². The predicted octanol–water partition coefficient (Wildman–Crippen LogP) is 10.3. The van der Waals surface area contributed by atoms with Gasteiger partial charge in [0.1, 0.15) is 5.82 Å². The smallest absolute Gasteiger partial charge is 0.145 e. The van der Waals surface area contributed by atoms with Crippen molar-refractivity contribution in [2.45, 2.75) is 0 Å². The maximum absolute atomic E-state index is 5.18. The van der Waals surface area contributed by atoms with Gasteiger partial charge in [0.05, 0.1) is 11.0 Å². The molecule has 0 unspecified atom stereocenters. The first-order chi connectivity index (χ1) is 20.3. The fourth-order valence-corrected chi connectivity index (χ4v) is 6.72. The van der Waals surface area contributed by atoms with E-state index in [-0.39, 0.29) is 0 Å². The van der Waals surface area contributed by atoms with Crippen molar-refractivity contribution in [3.63, 3.8) is 0 Å². The Morgan fingerprint density at radius 1 is 0.390 bits per heavy atom. The molecular weight excluding hydrogens is 496 g/mol. The van der Waals surface area contributed by atoms with E-state index in [1.54, 1.807) is 0 Å². The monoisotopic (exact) mass is 520 g/mol. The highest BCUT2D eigenvalue weighted by Crippen LogP contribution is 2.48. The summed E-state index contributed by atoms with van der Waals surface area (Å²) in [6.07, 6.45) is 2.07. The molecule has 2 heterocycles. The Kier molecular flexibility index (Phi) is 4.64. The zero-order chi connectivity index (χ0) is 26.9. The van der Waals surface area contributed by atoms with Crippen molar-refractivity contribution in [3.05, 3.63) is 146 Å². The van der Waals surface area contributed by atoms with Crippen LogP contribution in [0.2, 0.25) is 0 Å². The molecule has 2 aromatic heterocycles. The van der Waals surface area contributed by atoms with Crippen molar-refractivity contribution in [2.75, 3.05) is 0 Å². The molecule has 190 valence electrons. The van der Waals surface area contributed by atoms with Crippen LogP contribution in [0.5, 0.6) is 0 Å². The molecule has 0 atom stereocenters. The average molecular weight is 521 g/mol. The zero-order valence-electron chi connectivity index (χ0n) is 22.3. The molecule has 2 heteroatoms. The number of aromatic nitrogens is 2. The third-order valence-corrected chi connectivity index (χ3v) is 8.59. The van der Waals surface area contributed by atoms with Crippen LogP contribution >= 0.6 is 0 Å². The normalized spacial score (nSPS) is 11.9. The number of benzene rings is 6. The first kappa shape index (κ1) is 22.4. The molecule has 2 nitrogen and oxygen atoms in total. The van der Waals surface area contributed by atoms with Crippen LogP contribution < -0.4 is 0 Å². The molecule has 0 saturated heterocycles. The van der Waals surface area contributed by atoms with E-state index >= 15 is 0 Å². The van der Waals surface area contributed by atoms with Gasteiger partial charge in [-0.05, 0) is 63.2 Å². The van der Waals surface area contributed by atoms with E-state index in [1.165, 1.54) is 66.1 Å². The summed E-state index contributed by atoms with van der Waals surface area (Å²) in [5.41, 5.74) is 12.2. The Balaban J connectivity index is 1.37. The zero-order valence-corrected chi connectivity index (χ0v) is 22.3. The maximum atomic E-state index is 5.18. The van der Waals surface area contributed by atoms with E-state index in [9.17, 15) is 0 Å². The number of nitrogens with zero attached hydrogens (tertiary/aromatic N) is 2. The van der Waals surface area contributed by atoms with Crippen LogP contribution in [0, 0.1) is 0 Å². The van der Waals surface area contributed by atoms with Crippen LogP contribution in [0.4, 0.5) is 0 Å². The Bertz CT molecular complexity index is 2170. The van der Waals surface area contributed by atoms with Gasteiger partial charge >= 0.3 is 0 Å². The molecule has 8 aromatic rings. The van der Waals surface area contributed by atoms with Crippen LogP contribution in [0.15, 0.2) is 146 Å². The third kappa shape index (κ3) is 3.22. The van der Waals surface area contributed by atoms with Gasteiger partial charge in [0, 0.05) is 33.3 Å². The maximum Gasteiger partial charge on any atom is 0.145 e. The van der Waals surface area contributed by atoms with Crippen molar-refractivity contribution in [1.82, 2.24) is 9.55 Å². The SMILES string of the molecule is c1ccc(-c2ccc3c(c2)c2cc(-c4ccccc4)ccc2n3-c2ncc3c4c(cccc24)-c2ccccc2-3)cc1. The number of pyridine rings is 1. The van der Waals surface area contributed by atoms with E-state index < -0.39 is 0 Å². The van der Waals surface area contributed by atoms with E-state index in [4.69, 9.17) is 4.98 Å². The molecule has 0 bridgehead atoms. The molecule has 0 N–H and O–H groups in total. The number of hydrogen-bond acceptors (Lipinski definition) is 1. The van der Waals surface area contributed by atoms with Gasteiger partial charge in [-0.25, -0.2) is 4.98 Å². The number of rotatable bonds is 3. The fraction of sp³-hybridized carbons (Fsp3) is 0. The molecule has 6 aromatic carbocycles. The topological polar surface area (TPSA) is 17.8 Å². The lowest BCUT2D eigenvalue weighted by atomic mass is 10.0. The van der Waals surface area contributed by atoms with Gasteiger partial charge in [0.15, 0.2) is 0 Å². The van der Waals surface area contributed by atoms with Crippen molar-refractivity contribution in [1.29, 1.82) is 0 Å². The Hall–Kier alpha value is -5.47. The summed E-state index contributed by atoms with van der Waals surface area (Å²) in [6.45, 7) is 0. The highest BCUT2D eigenvalue weighted by atomic mass is 15.1. The van der Waals surface area contributed by atoms with Crippen molar-refractivity contribution in [3.8, 4) is 50.3 Å². The quantitative estimate of drug-likeness (QED) is 0.227. The fourth-order valence-electron chi connectivity index (χ4n) is 6.72. The van der Waals surface area contributed by atoms with Gasteiger partial charge in [-0.2, -0.15) is 0 Å². The second-order valence-corrected chi connectivity index (χ2v) is 10.8. The summed E-state index contributed by atoms with van der Waals surface area (Å²) in [5, 5.41) is 4.92. The van der Waals surface area contributed by atoms with Crippen molar-refractivity contribution < 1.29 is 0 Å².